The first-order valence-corrected chi connectivity index (χ1v) is 9.17. The SMILES string of the molecule is Cc1cc(N2CCC(C(=O)NC3CCOCC3)C2)nc(C2CC2)n1. The molecule has 1 amide bonds. The van der Waals surface area contributed by atoms with Gasteiger partial charge in [-0.1, -0.05) is 0 Å². The number of amides is 1. The lowest BCUT2D eigenvalue weighted by Gasteiger charge is -2.24. The van der Waals surface area contributed by atoms with Gasteiger partial charge in [0.05, 0.1) is 5.92 Å². The molecular formula is C18H26N4O2. The predicted molar refractivity (Wildman–Crippen MR) is 91.0 cm³/mol. The van der Waals surface area contributed by atoms with E-state index in [2.05, 4.69) is 15.2 Å². The molecule has 1 aromatic rings. The second kappa shape index (κ2) is 6.67. The summed E-state index contributed by atoms with van der Waals surface area (Å²) in [6.45, 7) is 5.20. The monoisotopic (exact) mass is 330 g/mol. The van der Waals surface area contributed by atoms with Crippen molar-refractivity contribution >= 4 is 11.7 Å². The van der Waals surface area contributed by atoms with E-state index < -0.39 is 0 Å². The highest BCUT2D eigenvalue weighted by Gasteiger charge is 2.32. The average molecular weight is 330 g/mol. The van der Waals surface area contributed by atoms with Crippen LogP contribution in [0.4, 0.5) is 5.82 Å². The zero-order chi connectivity index (χ0) is 16.5. The number of hydrogen-bond donors (Lipinski definition) is 1. The number of aromatic nitrogens is 2. The van der Waals surface area contributed by atoms with E-state index in [-0.39, 0.29) is 17.9 Å². The van der Waals surface area contributed by atoms with Crippen molar-refractivity contribution in [2.45, 2.75) is 51.0 Å². The molecule has 3 aliphatic rings. The minimum atomic E-state index is 0.0625. The molecule has 6 nitrogen and oxygen atoms in total. The van der Waals surface area contributed by atoms with Crippen molar-refractivity contribution in [3.8, 4) is 0 Å². The molecule has 1 aliphatic carbocycles. The first-order valence-electron chi connectivity index (χ1n) is 9.17. The zero-order valence-electron chi connectivity index (χ0n) is 14.3. The molecular weight excluding hydrogens is 304 g/mol. The van der Waals surface area contributed by atoms with Gasteiger partial charge in [-0.15, -0.1) is 0 Å². The number of nitrogens with one attached hydrogen (secondary N) is 1. The fraction of sp³-hybridized carbons (Fsp3) is 0.722. The molecule has 0 radical (unpaired) electrons. The molecule has 3 heterocycles. The number of ether oxygens (including phenoxy) is 1. The van der Waals surface area contributed by atoms with Gasteiger partial charge in [-0.2, -0.15) is 0 Å². The maximum atomic E-state index is 12.5. The average Bonchev–Trinajstić information content (AvgIpc) is 3.32. The number of hydrogen-bond acceptors (Lipinski definition) is 5. The molecule has 2 aliphatic heterocycles. The Labute approximate surface area is 143 Å². The van der Waals surface area contributed by atoms with Crippen molar-refractivity contribution < 1.29 is 9.53 Å². The fourth-order valence-corrected chi connectivity index (χ4v) is 3.60. The summed E-state index contributed by atoms with van der Waals surface area (Å²) in [5.41, 5.74) is 1.03. The van der Waals surface area contributed by atoms with Crippen LogP contribution < -0.4 is 10.2 Å². The van der Waals surface area contributed by atoms with Crippen molar-refractivity contribution in [2.24, 2.45) is 5.92 Å². The van der Waals surface area contributed by atoms with Crippen LogP contribution in [0.3, 0.4) is 0 Å². The van der Waals surface area contributed by atoms with Gasteiger partial charge in [-0.3, -0.25) is 4.79 Å². The van der Waals surface area contributed by atoms with Gasteiger partial charge in [0.15, 0.2) is 0 Å². The van der Waals surface area contributed by atoms with Gasteiger partial charge in [0.2, 0.25) is 5.91 Å². The van der Waals surface area contributed by atoms with Gasteiger partial charge in [-0.25, -0.2) is 9.97 Å². The van der Waals surface area contributed by atoms with E-state index in [1.165, 1.54) is 12.8 Å². The third-order valence-corrected chi connectivity index (χ3v) is 5.25. The van der Waals surface area contributed by atoms with Crippen molar-refractivity contribution in [1.29, 1.82) is 0 Å². The van der Waals surface area contributed by atoms with Crippen LogP contribution >= 0.6 is 0 Å². The summed E-state index contributed by atoms with van der Waals surface area (Å²) in [5.74, 6) is 2.79. The van der Waals surface area contributed by atoms with Crippen molar-refractivity contribution in [3.05, 3.63) is 17.6 Å². The third kappa shape index (κ3) is 3.53. The van der Waals surface area contributed by atoms with Crippen LogP contribution in [0.2, 0.25) is 0 Å². The van der Waals surface area contributed by atoms with E-state index >= 15 is 0 Å². The Morgan fingerprint density at radius 3 is 2.75 bits per heavy atom. The van der Waals surface area contributed by atoms with Crippen LogP contribution in [0.25, 0.3) is 0 Å². The van der Waals surface area contributed by atoms with E-state index in [4.69, 9.17) is 9.72 Å². The largest absolute Gasteiger partial charge is 0.381 e. The smallest absolute Gasteiger partial charge is 0.225 e. The lowest BCUT2D eigenvalue weighted by Crippen LogP contribution is -2.42. The number of carbonyl (C=O) groups is 1. The lowest BCUT2D eigenvalue weighted by molar-refractivity contribution is -0.125. The molecule has 0 aromatic carbocycles. The van der Waals surface area contributed by atoms with Crippen LogP contribution in [-0.4, -0.2) is 48.2 Å². The maximum absolute atomic E-state index is 12.5. The molecule has 130 valence electrons. The number of aryl methyl sites for hydroxylation is 1. The van der Waals surface area contributed by atoms with Crippen molar-refractivity contribution in [2.75, 3.05) is 31.2 Å². The minimum Gasteiger partial charge on any atom is -0.381 e. The second-order valence-electron chi connectivity index (χ2n) is 7.33. The lowest BCUT2D eigenvalue weighted by atomic mass is 10.1. The Morgan fingerprint density at radius 1 is 1.21 bits per heavy atom. The molecule has 2 saturated heterocycles. The molecule has 6 heteroatoms. The van der Waals surface area contributed by atoms with E-state index in [1.807, 2.05) is 13.0 Å². The molecule has 1 atom stereocenters. The first kappa shape index (κ1) is 15.8. The molecule has 3 fully saturated rings. The van der Waals surface area contributed by atoms with Gasteiger partial charge in [0.1, 0.15) is 11.6 Å². The molecule has 1 N–H and O–H groups in total. The Kier molecular flexibility index (Phi) is 4.39. The summed E-state index contributed by atoms with van der Waals surface area (Å²) in [5, 5.41) is 3.21. The summed E-state index contributed by atoms with van der Waals surface area (Å²) in [4.78, 5) is 24.1. The predicted octanol–water partition coefficient (Wildman–Crippen LogP) is 1.78. The van der Waals surface area contributed by atoms with E-state index in [0.717, 1.165) is 62.9 Å². The first-order chi connectivity index (χ1) is 11.7. The third-order valence-electron chi connectivity index (χ3n) is 5.25. The Hall–Kier alpha value is -1.69. The van der Waals surface area contributed by atoms with Gasteiger partial charge >= 0.3 is 0 Å². The van der Waals surface area contributed by atoms with Gasteiger partial charge in [0, 0.05) is 50.0 Å². The van der Waals surface area contributed by atoms with Gasteiger partial charge in [0.25, 0.3) is 0 Å². The molecule has 0 bridgehead atoms. The molecule has 1 unspecified atom stereocenters. The Morgan fingerprint density at radius 2 is 2.00 bits per heavy atom. The highest BCUT2D eigenvalue weighted by molar-refractivity contribution is 5.80. The van der Waals surface area contributed by atoms with E-state index in [9.17, 15) is 4.79 Å². The topological polar surface area (TPSA) is 67.4 Å². The summed E-state index contributed by atoms with van der Waals surface area (Å²) in [7, 11) is 0. The number of anilines is 1. The van der Waals surface area contributed by atoms with Crippen molar-refractivity contribution in [1.82, 2.24) is 15.3 Å². The molecule has 0 spiro atoms. The van der Waals surface area contributed by atoms with Crippen LogP contribution in [0.1, 0.15) is 49.5 Å². The summed E-state index contributed by atoms with van der Waals surface area (Å²) < 4.78 is 5.35. The van der Waals surface area contributed by atoms with Crippen LogP contribution in [0.15, 0.2) is 6.07 Å². The van der Waals surface area contributed by atoms with E-state index in [0.29, 0.717) is 5.92 Å². The van der Waals surface area contributed by atoms with E-state index in [1.54, 1.807) is 0 Å². The number of rotatable bonds is 4. The Bertz CT molecular complexity index is 611. The van der Waals surface area contributed by atoms with Crippen LogP contribution in [0, 0.1) is 12.8 Å². The molecule has 24 heavy (non-hydrogen) atoms. The standard InChI is InChI=1S/C18H26N4O2/c1-12-10-16(21-17(19-12)13-2-3-13)22-7-4-14(11-22)18(23)20-15-5-8-24-9-6-15/h10,13-15H,2-9,11H2,1H3,(H,20,23). The quantitative estimate of drug-likeness (QED) is 0.911. The maximum Gasteiger partial charge on any atom is 0.225 e. The highest BCUT2D eigenvalue weighted by Crippen LogP contribution is 2.39. The molecule has 1 aromatic heterocycles. The van der Waals surface area contributed by atoms with Gasteiger partial charge < -0.3 is 15.0 Å². The summed E-state index contributed by atoms with van der Waals surface area (Å²) >= 11 is 0. The molecule has 4 rings (SSSR count). The summed E-state index contributed by atoms with van der Waals surface area (Å²) in [6, 6.07) is 2.33. The van der Waals surface area contributed by atoms with Crippen molar-refractivity contribution in [3.63, 3.8) is 0 Å². The number of carbonyl (C=O) groups excluding carboxylic acids is 1. The second-order valence-corrected chi connectivity index (χ2v) is 7.33. The highest BCUT2D eigenvalue weighted by atomic mass is 16.5. The zero-order valence-corrected chi connectivity index (χ0v) is 14.3. The normalized spacial score (nSPS) is 25.0. The summed E-state index contributed by atoms with van der Waals surface area (Å²) in [6.07, 6.45) is 5.17. The number of nitrogens with zero attached hydrogens (tertiary/aromatic N) is 3. The molecule has 1 saturated carbocycles. The van der Waals surface area contributed by atoms with Crippen LogP contribution in [-0.2, 0) is 9.53 Å². The van der Waals surface area contributed by atoms with Gasteiger partial charge in [-0.05, 0) is 39.0 Å². The minimum absolute atomic E-state index is 0.0625. The fourth-order valence-electron chi connectivity index (χ4n) is 3.60. The van der Waals surface area contributed by atoms with Crippen LogP contribution in [0.5, 0.6) is 0 Å². The Balaban J connectivity index is 1.38.